The normalized spacial score (nSPS) is 9.80. The van der Waals surface area contributed by atoms with Gasteiger partial charge in [0, 0.05) is 0 Å². The molecule has 0 saturated carbocycles. The van der Waals surface area contributed by atoms with Gasteiger partial charge in [0.1, 0.15) is 16.9 Å². The van der Waals surface area contributed by atoms with Crippen LogP contribution >= 0.6 is 11.8 Å². The van der Waals surface area contributed by atoms with Gasteiger partial charge in [0.2, 0.25) is 0 Å². The van der Waals surface area contributed by atoms with Crippen molar-refractivity contribution in [2.24, 2.45) is 0 Å². The van der Waals surface area contributed by atoms with Gasteiger partial charge in [-0.25, -0.2) is 0 Å². The molecule has 0 aliphatic carbocycles. The summed E-state index contributed by atoms with van der Waals surface area (Å²) in [5.74, 6) is 1.51. The number of thioether (sulfide) groups is 1. The van der Waals surface area contributed by atoms with Crippen LogP contribution < -0.4 is 0 Å². The lowest BCUT2D eigenvalue weighted by molar-refractivity contribution is 0.530. The predicted molar refractivity (Wildman–Crippen MR) is 55.0 cm³/mol. The van der Waals surface area contributed by atoms with Crippen molar-refractivity contribution in [3.8, 4) is 6.07 Å². The predicted octanol–water partition coefficient (Wildman–Crippen LogP) is 2.23. The summed E-state index contributed by atoms with van der Waals surface area (Å²) in [7, 11) is 0. The molecule has 74 valence electrons. The highest BCUT2D eigenvalue weighted by Crippen LogP contribution is 2.22. The molecule has 2 aromatic rings. The number of hydrogen-bond acceptors (Lipinski definition) is 5. The standard InChI is InChI=1S/C10H7N3OS/c11-6-8-3-4-12-13-10(8)15-7-9-2-1-5-14-9/h1-5H,7H2. The van der Waals surface area contributed by atoms with Crippen molar-refractivity contribution in [1.29, 1.82) is 5.26 Å². The Morgan fingerprint density at radius 1 is 1.47 bits per heavy atom. The second-order valence-corrected chi connectivity index (χ2v) is 3.69. The molecule has 0 spiro atoms. The van der Waals surface area contributed by atoms with E-state index < -0.39 is 0 Å². The average molecular weight is 217 g/mol. The first kappa shape index (κ1) is 9.74. The lowest BCUT2D eigenvalue weighted by Gasteiger charge is -1.98. The summed E-state index contributed by atoms with van der Waals surface area (Å²) in [4.78, 5) is 0. The van der Waals surface area contributed by atoms with Gasteiger partial charge in [-0.15, -0.1) is 5.10 Å². The molecule has 2 rings (SSSR count). The molecule has 4 nitrogen and oxygen atoms in total. The maximum absolute atomic E-state index is 8.82. The quantitative estimate of drug-likeness (QED) is 0.738. The molecule has 0 aromatic carbocycles. The van der Waals surface area contributed by atoms with Gasteiger partial charge in [-0.05, 0) is 18.2 Å². The largest absolute Gasteiger partial charge is 0.468 e. The number of aromatic nitrogens is 2. The van der Waals surface area contributed by atoms with Gasteiger partial charge >= 0.3 is 0 Å². The van der Waals surface area contributed by atoms with Crippen molar-refractivity contribution >= 4 is 11.8 Å². The molecular weight excluding hydrogens is 210 g/mol. The zero-order valence-electron chi connectivity index (χ0n) is 7.75. The Kier molecular flexibility index (Phi) is 3.00. The zero-order chi connectivity index (χ0) is 10.5. The van der Waals surface area contributed by atoms with E-state index in [4.69, 9.17) is 9.68 Å². The van der Waals surface area contributed by atoms with Crippen molar-refractivity contribution in [1.82, 2.24) is 10.2 Å². The summed E-state index contributed by atoms with van der Waals surface area (Å²) >= 11 is 1.44. The van der Waals surface area contributed by atoms with Gasteiger partial charge in [0.05, 0.1) is 23.8 Å². The van der Waals surface area contributed by atoms with E-state index >= 15 is 0 Å². The van der Waals surface area contributed by atoms with E-state index in [1.807, 2.05) is 12.1 Å². The maximum atomic E-state index is 8.82. The Hall–Kier alpha value is -1.80. The SMILES string of the molecule is N#Cc1ccnnc1SCc1ccco1. The molecule has 0 amide bonds. The average Bonchev–Trinajstić information content (AvgIpc) is 2.79. The summed E-state index contributed by atoms with van der Waals surface area (Å²) in [6.45, 7) is 0. The van der Waals surface area contributed by atoms with Crippen LogP contribution in [-0.4, -0.2) is 10.2 Å². The van der Waals surface area contributed by atoms with Crippen molar-refractivity contribution in [3.05, 3.63) is 42.0 Å². The van der Waals surface area contributed by atoms with E-state index in [9.17, 15) is 0 Å². The summed E-state index contributed by atoms with van der Waals surface area (Å²) in [6, 6.07) is 7.44. The fourth-order valence-electron chi connectivity index (χ4n) is 1.04. The van der Waals surface area contributed by atoms with Gasteiger partial charge in [-0.1, -0.05) is 11.8 Å². The highest BCUT2D eigenvalue weighted by Gasteiger charge is 2.05. The van der Waals surface area contributed by atoms with E-state index in [1.54, 1.807) is 12.3 Å². The van der Waals surface area contributed by atoms with Crippen LogP contribution in [0.25, 0.3) is 0 Å². The van der Waals surface area contributed by atoms with Crippen LogP contribution in [0.3, 0.4) is 0 Å². The fourth-order valence-corrected chi connectivity index (χ4v) is 1.86. The number of rotatable bonds is 3. The third-order valence-corrected chi connectivity index (χ3v) is 2.74. The molecule has 0 aliphatic rings. The van der Waals surface area contributed by atoms with Crippen LogP contribution in [0.1, 0.15) is 11.3 Å². The van der Waals surface area contributed by atoms with Gasteiger partial charge in [0.15, 0.2) is 0 Å². The third-order valence-electron chi connectivity index (χ3n) is 1.74. The van der Waals surface area contributed by atoms with E-state index in [0.29, 0.717) is 16.3 Å². The summed E-state index contributed by atoms with van der Waals surface area (Å²) < 4.78 is 5.18. The number of nitriles is 1. The summed E-state index contributed by atoms with van der Waals surface area (Å²) in [6.07, 6.45) is 3.13. The highest BCUT2D eigenvalue weighted by molar-refractivity contribution is 7.98. The second kappa shape index (κ2) is 4.62. The third kappa shape index (κ3) is 2.36. The number of nitrogens with zero attached hydrogens (tertiary/aromatic N) is 3. The Balaban J connectivity index is 2.08. The lowest BCUT2D eigenvalue weighted by Crippen LogP contribution is -1.89. The smallest absolute Gasteiger partial charge is 0.137 e. The van der Waals surface area contributed by atoms with Crippen molar-refractivity contribution in [3.63, 3.8) is 0 Å². The van der Waals surface area contributed by atoms with Gasteiger partial charge in [-0.3, -0.25) is 0 Å². The van der Waals surface area contributed by atoms with E-state index in [1.165, 1.54) is 18.0 Å². The van der Waals surface area contributed by atoms with E-state index in [-0.39, 0.29) is 0 Å². The minimum absolute atomic E-state index is 0.543. The molecule has 0 atom stereocenters. The molecule has 0 N–H and O–H groups in total. The van der Waals surface area contributed by atoms with Crippen LogP contribution in [0, 0.1) is 11.3 Å². The maximum Gasteiger partial charge on any atom is 0.137 e. The minimum Gasteiger partial charge on any atom is -0.468 e. The van der Waals surface area contributed by atoms with Gasteiger partial charge in [-0.2, -0.15) is 10.4 Å². The molecule has 0 unspecified atom stereocenters. The molecule has 0 aliphatic heterocycles. The summed E-state index contributed by atoms with van der Waals surface area (Å²) in [5, 5.41) is 17.1. The Morgan fingerprint density at radius 2 is 2.40 bits per heavy atom. The van der Waals surface area contributed by atoms with Crippen molar-refractivity contribution in [2.75, 3.05) is 0 Å². The van der Waals surface area contributed by atoms with Crippen LogP contribution in [0.2, 0.25) is 0 Å². The monoisotopic (exact) mass is 217 g/mol. The molecule has 0 fully saturated rings. The topological polar surface area (TPSA) is 62.7 Å². The van der Waals surface area contributed by atoms with E-state index in [2.05, 4.69) is 16.3 Å². The molecule has 5 heteroatoms. The zero-order valence-corrected chi connectivity index (χ0v) is 8.57. The number of hydrogen-bond donors (Lipinski definition) is 0. The Bertz CT molecular complexity index is 476. The van der Waals surface area contributed by atoms with Crippen LogP contribution in [0.5, 0.6) is 0 Å². The van der Waals surface area contributed by atoms with E-state index in [0.717, 1.165) is 5.76 Å². The second-order valence-electron chi connectivity index (χ2n) is 2.73. The first-order valence-corrected chi connectivity index (χ1v) is 5.25. The Labute approximate surface area is 90.9 Å². The van der Waals surface area contributed by atoms with Crippen molar-refractivity contribution < 1.29 is 4.42 Å². The van der Waals surface area contributed by atoms with Crippen LogP contribution in [-0.2, 0) is 5.75 Å². The molecule has 0 saturated heterocycles. The highest BCUT2D eigenvalue weighted by atomic mass is 32.2. The Morgan fingerprint density at radius 3 is 3.13 bits per heavy atom. The molecule has 2 aromatic heterocycles. The molecular formula is C10H7N3OS. The minimum atomic E-state index is 0.543. The van der Waals surface area contributed by atoms with Crippen molar-refractivity contribution in [2.45, 2.75) is 10.8 Å². The van der Waals surface area contributed by atoms with Gasteiger partial charge < -0.3 is 4.42 Å². The first-order chi connectivity index (χ1) is 7.40. The molecule has 2 heterocycles. The molecule has 0 bridgehead atoms. The number of furan rings is 1. The fraction of sp³-hybridized carbons (Fsp3) is 0.100. The molecule has 15 heavy (non-hydrogen) atoms. The first-order valence-electron chi connectivity index (χ1n) is 4.27. The van der Waals surface area contributed by atoms with Crippen LogP contribution in [0.4, 0.5) is 0 Å². The lowest BCUT2D eigenvalue weighted by atomic mass is 10.3. The summed E-state index contributed by atoms with van der Waals surface area (Å²) in [5.41, 5.74) is 0.543. The van der Waals surface area contributed by atoms with Gasteiger partial charge in [0.25, 0.3) is 0 Å². The van der Waals surface area contributed by atoms with Crippen LogP contribution in [0.15, 0.2) is 40.1 Å². The molecule has 0 radical (unpaired) electrons.